The van der Waals surface area contributed by atoms with E-state index in [0.29, 0.717) is 26.2 Å². The molecule has 1 fully saturated rings. The van der Waals surface area contributed by atoms with Gasteiger partial charge in [-0.15, -0.1) is 11.3 Å². The van der Waals surface area contributed by atoms with Gasteiger partial charge in [-0.3, -0.25) is 0 Å². The van der Waals surface area contributed by atoms with Crippen molar-refractivity contribution in [2.45, 2.75) is 0 Å². The zero-order chi connectivity index (χ0) is 14.1. The lowest BCUT2D eigenvalue weighted by molar-refractivity contribution is 0.504. The standard InChI is InChI=1S/C13H14F2N4S/c14-9-1-2-10(16)12(11(9)15)18-4-6-19(7-5-18)13-17-3-8-20-13/h1-3,8H,4-7,16H2. The lowest BCUT2D eigenvalue weighted by atomic mass is 10.2. The van der Waals surface area contributed by atoms with E-state index in [2.05, 4.69) is 9.88 Å². The van der Waals surface area contributed by atoms with Crippen LogP contribution in [-0.2, 0) is 0 Å². The zero-order valence-corrected chi connectivity index (χ0v) is 11.5. The summed E-state index contributed by atoms with van der Waals surface area (Å²) in [4.78, 5) is 8.18. The summed E-state index contributed by atoms with van der Waals surface area (Å²) in [5, 5.41) is 2.88. The Morgan fingerprint density at radius 2 is 1.80 bits per heavy atom. The average molecular weight is 296 g/mol. The first kappa shape index (κ1) is 13.1. The Hall–Kier alpha value is -1.89. The van der Waals surface area contributed by atoms with E-state index >= 15 is 0 Å². The summed E-state index contributed by atoms with van der Waals surface area (Å²) >= 11 is 1.57. The highest BCUT2D eigenvalue weighted by atomic mass is 32.1. The maximum absolute atomic E-state index is 13.9. The summed E-state index contributed by atoms with van der Waals surface area (Å²) in [5.74, 6) is -1.73. The second kappa shape index (κ2) is 5.24. The van der Waals surface area contributed by atoms with E-state index in [4.69, 9.17) is 5.73 Å². The van der Waals surface area contributed by atoms with Crippen LogP contribution in [0.2, 0.25) is 0 Å². The van der Waals surface area contributed by atoms with Gasteiger partial charge in [0.2, 0.25) is 0 Å². The van der Waals surface area contributed by atoms with Crippen LogP contribution >= 0.6 is 11.3 Å². The number of aromatic nitrogens is 1. The van der Waals surface area contributed by atoms with Crippen molar-refractivity contribution in [2.24, 2.45) is 0 Å². The van der Waals surface area contributed by atoms with Gasteiger partial charge in [0.1, 0.15) is 0 Å². The zero-order valence-electron chi connectivity index (χ0n) is 10.7. The molecular formula is C13H14F2N4S. The van der Waals surface area contributed by atoms with E-state index < -0.39 is 11.6 Å². The molecule has 7 heteroatoms. The third kappa shape index (κ3) is 2.29. The monoisotopic (exact) mass is 296 g/mol. The molecule has 0 radical (unpaired) electrons. The van der Waals surface area contributed by atoms with E-state index in [1.165, 1.54) is 6.07 Å². The fourth-order valence-corrected chi connectivity index (χ4v) is 3.07. The Morgan fingerprint density at radius 1 is 1.10 bits per heavy atom. The third-order valence-corrected chi connectivity index (χ3v) is 4.22. The molecule has 1 aromatic carbocycles. The summed E-state index contributed by atoms with van der Waals surface area (Å²) in [6, 6.07) is 2.46. The van der Waals surface area contributed by atoms with Crippen molar-refractivity contribution in [3.63, 3.8) is 0 Å². The predicted molar refractivity (Wildman–Crippen MR) is 77.3 cm³/mol. The fourth-order valence-electron chi connectivity index (χ4n) is 2.37. The van der Waals surface area contributed by atoms with Crippen LogP contribution in [0.3, 0.4) is 0 Å². The molecule has 1 aromatic heterocycles. The van der Waals surface area contributed by atoms with Crippen LogP contribution in [0.1, 0.15) is 0 Å². The molecule has 0 unspecified atom stereocenters. The van der Waals surface area contributed by atoms with Crippen LogP contribution < -0.4 is 15.5 Å². The van der Waals surface area contributed by atoms with Gasteiger partial charge in [0.05, 0.1) is 11.4 Å². The summed E-state index contributed by atoms with van der Waals surface area (Å²) in [5.41, 5.74) is 6.22. The minimum absolute atomic E-state index is 0.170. The Labute approximate surface area is 119 Å². The van der Waals surface area contributed by atoms with Crippen LogP contribution in [0, 0.1) is 11.6 Å². The number of nitrogen functional groups attached to an aromatic ring is 1. The molecular weight excluding hydrogens is 282 g/mol. The Morgan fingerprint density at radius 3 is 2.45 bits per heavy atom. The fraction of sp³-hybridized carbons (Fsp3) is 0.308. The molecule has 1 aliphatic heterocycles. The maximum atomic E-state index is 13.9. The van der Waals surface area contributed by atoms with Gasteiger partial charge in [-0.2, -0.15) is 0 Å². The predicted octanol–water partition coefficient (Wildman–Crippen LogP) is 2.33. The molecule has 2 heterocycles. The molecule has 2 aromatic rings. The number of benzene rings is 1. The van der Waals surface area contributed by atoms with Gasteiger partial charge in [0.25, 0.3) is 0 Å². The lowest BCUT2D eigenvalue weighted by Gasteiger charge is -2.36. The number of rotatable bonds is 2. The topological polar surface area (TPSA) is 45.4 Å². The van der Waals surface area contributed by atoms with Gasteiger partial charge in [-0.25, -0.2) is 13.8 Å². The van der Waals surface area contributed by atoms with Gasteiger partial charge >= 0.3 is 0 Å². The van der Waals surface area contributed by atoms with E-state index in [0.717, 1.165) is 11.2 Å². The van der Waals surface area contributed by atoms with E-state index in [1.54, 1.807) is 22.4 Å². The molecule has 1 saturated heterocycles. The summed E-state index contributed by atoms with van der Waals surface area (Å²) in [6.07, 6.45) is 1.76. The molecule has 0 bridgehead atoms. The van der Waals surface area contributed by atoms with Gasteiger partial charge in [-0.1, -0.05) is 0 Å². The van der Waals surface area contributed by atoms with E-state index in [1.807, 2.05) is 5.38 Å². The second-order valence-electron chi connectivity index (χ2n) is 4.59. The lowest BCUT2D eigenvalue weighted by Crippen LogP contribution is -2.47. The number of halogens is 2. The molecule has 20 heavy (non-hydrogen) atoms. The van der Waals surface area contributed by atoms with Crippen LogP contribution in [0.25, 0.3) is 0 Å². The quantitative estimate of drug-likeness (QED) is 0.864. The highest BCUT2D eigenvalue weighted by Crippen LogP contribution is 2.30. The summed E-state index contributed by atoms with van der Waals surface area (Å²) < 4.78 is 27.2. The first-order chi connectivity index (χ1) is 9.66. The van der Waals surface area contributed by atoms with Gasteiger partial charge in [-0.05, 0) is 12.1 Å². The Kier molecular flexibility index (Phi) is 3.43. The minimum Gasteiger partial charge on any atom is -0.397 e. The van der Waals surface area contributed by atoms with Crippen LogP contribution in [0.5, 0.6) is 0 Å². The third-order valence-electron chi connectivity index (χ3n) is 3.39. The molecule has 0 spiro atoms. The second-order valence-corrected chi connectivity index (χ2v) is 5.46. The van der Waals surface area contributed by atoms with E-state index in [-0.39, 0.29) is 11.4 Å². The van der Waals surface area contributed by atoms with Crippen LogP contribution in [-0.4, -0.2) is 31.2 Å². The van der Waals surface area contributed by atoms with Crippen molar-refractivity contribution in [2.75, 3.05) is 41.7 Å². The molecule has 4 nitrogen and oxygen atoms in total. The SMILES string of the molecule is Nc1ccc(F)c(F)c1N1CCN(c2nccs2)CC1. The van der Waals surface area contributed by atoms with Crippen LogP contribution in [0.15, 0.2) is 23.7 Å². The highest BCUT2D eigenvalue weighted by Gasteiger charge is 2.24. The minimum atomic E-state index is -0.868. The summed E-state index contributed by atoms with van der Waals surface area (Å²) in [6.45, 7) is 2.60. The van der Waals surface area contributed by atoms with Crippen molar-refractivity contribution in [1.82, 2.24) is 4.98 Å². The van der Waals surface area contributed by atoms with Gasteiger partial charge in [0, 0.05) is 37.8 Å². The largest absolute Gasteiger partial charge is 0.397 e. The van der Waals surface area contributed by atoms with Gasteiger partial charge in [0.15, 0.2) is 16.8 Å². The number of hydrogen-bond donors (Lipinski definition) is 1. The molecule has 106 valence electrons. The van der Waals surface area contributed by atoms with Gasteiger partial charge < -0.3 is 15.5 Å². The van der Waals surface area contributed by atoms with Crippen molar-refractivity contribution >= 4 is 27.8 Å². The average Bonchev–Trinajstić information content (AvgIpc) is 2.98. The highest BCUT2D eigenvalue weighted by molar-refractivity contribution is 7.13. The Balaban J connectivity index is 1.77. The number of hydrogen-bond acceptors (Lipinski definition) is 5. The van der Waals surface area contributed by atoms with Crippen molar-refractivity contribution in [3.8, 4) is 0 Å². The number of piperazine rings is 1. The number of nitrogens with two attached hydrogens (primary N) is 1. The molecule has 3 rings (SSSR count). The number of anilines is 3. The van der Waals surface area contributed by atoms with Crippen molar-refractivity contribution in [3.05, 3.63) is 35.3 Å². The summed E-state index contributed by atoms with van der Waals surface area (Å²) in [7, 11) is 0. The molecule has 0 atom stereocenters. The van der Waals surface area contributed by atoms with Crippen molar-refractivity contribution < 1.29 is 8.78 Å². The molecule has 1 aliphatic rings. The maximum Gasteiger partial charge on any atom is 0.185 e. The number of thiazole rings is 1. The first-order valence-electron chi connectivity index (χ1n) is 6.29. The first-order valence-corrected chi connectivity index (χ1v) is 7.17. The Bertz CT molecular complexity index is 595. The van der Waals surface area contributed by atoms with E-state index in [9.17, 15) is 8.78 Å². The molecule has 0 saturated carbocycles. The molecule has 0 amide bonds. The number of nitrogens with zero attached hydrogens (tertiary/aromatic N) is 3. The van der Waals surface area contributed by atoms with Crippen molar-refractivity contribution in [1.29, 1.82) is 0 Å². The van der Waals surface area contributed by atoms with Crippen LogP contribution in [0.4, 0.5) is 25.3 Å². The smallest absolute Gasteiger partial charge is 0.185 e. The molecule has 2 N–H and O–H groups in total. The normalized spacial score (nSPS) is 15.7. The molecule has 0 aliphatic carbocycles.